The second kappa shape index (κ2) is 15.8. The van der Waals surface area contributed by atoms with E-state index in [2.05, 4.69) is 6.92 Å². The van der Waals surface area contributed by atoms with Crippen molar-refractivity contribution in [2.24, 2.45) is 0 Å². The van der Waals surface area contributed by atoms with Gasteiger partial charge in [0, 0.05) is 0 Å². The van der Waals surface area contributed by atoms with Gasteiger partial charge in [0.2, 0.25) is 0 Å². The number of aliphatic hydroxyl groups excluding tert-OH is 4. The fraction of sp³-hybridized carbons (Fsp3) is 1.00. The Hall–Kier alpha value is -0.280. The van der Waals surface area contributed by atoms with Gasteiger partial charge in [-0.05, 0) is 20.8 Å². The standard InChI is InChI=1S/C7H16O4.C3H6O.C2H6O2/c1-6(8)5-10-3-4-11-7(2)9;1-3-2-4-3;3-1-2-4/h6-9H,3-5H2,1-2H3;3H,2H2,1H3;3-4H,1-2H2. The van der Waals surface area contributed by atoms with E-state index in [9.17, 15) is 0 Å². The molecule has 3 atom stereocenters. The van der Waals surface area contributed by atoms with Gasteiger partial charge in [0.15, 0.2) is 6.29 Å². The van der Waals surface area contributed by atoms with E-state index in [0.29, 0.717) is 25.9 Å². The predicted octanol–water partition coefficient (Wildman–Crippen LogP) is -0.885. The van der Waals surface area contributed by atoms with E-state index in [1.807, 2.05) is 0 Å². The summed E-state index contributed by atoms with van der Waals surface area (Å²) in [4.78, 5) is 0. The summed E-state index contributed by atoms with van der Waals surface area (Å²) in [6.45, 7) is 7.04. The van der Waals surface area contributed by atoms with Crippen LogP contribution in [0.4, 0.5) is 0 Å². The third kappa shape index (κ3) is 31.9. The Balaban J connectivity index is 0. The van der Waals surface area contributed by atoms with Gasteiger partial charge in [0.25, 0.3) is 0 Å². The molecule has 1 heterocycles. The van der Waals surface area contributed by atoms with Crippen LogP contribution in [-0.2, 0) is 14.2 Å². The lowest BCUT2D eigenvalue weighted by molar-refractivity contribution is -0.102. The van der Waals surface area contributed by atoms with Crippen LogP contribution in [0.2, 0.25) is 0 Å². The van der Waals surface area contributed by atoms with Gasteiger partial charge < -0.3 is 34.6 Å². The Labute approximate surface area is 114 Å². The highest BCUT2D eigenvalue weighted by molar-refractivity contribution is 4.58. The third-order valence-electron chi connectivity index (χ3n) is 1.55. The third-order valence-corrected chi connectivity index (χ3v) is 1.55. The maximum Gasteiger partial charge on any atom is 0.151 e. The number of rotatable bonds is 7. The molecule has 7 heteroatoms. The van der Waals surface area contributed by atoms with Crippen LogP contribution in [0.15, 0.2) is 0 Å². The predicted molar refractivity (Wildman–Crippen MR) is 69.7 cm³/mol. The highest BCUT2D eigenvalue weighted by Gasteiger charge is 2.13. The van der Waals surface area contributed by atoms with Crippen molar-refractivity contribution < 1.29 is 34.6 Å². The smallest absolute Gasteiger partial charge is 0.151 e. The van der Waals surface area contributed by atoms with Gasteiger partial charge in [-0.3, -0.25) is 0 Å². The highest BCUT2D eigenvalue weighted by Crippen LogP contribution is 2.04. The molecule has 1 aliphatic heterocycles. The first-order valence-corrected chi connectivity index (χ1v) is 6.32. The molecule has 1 fully saturated rings. The Morgan fingerprint density at radius 2 is 1.63 bits per heavy atom. The molecule has 1 rings (SSSR count). The summed E-state index contributed by atoms with van der Waals surface area (Å²) in [5.41, 5.74) is 0. The molecule has 0 aromatic carbocycles. The molecule has 3 unspecified atom stereocenters. The molecule has 0 bridgehead atoms. The fourth-order valence-electron chi connectivity index (χ4n) is 0.628. The summed E-state index contributed by atoms with van der Waals surface area (Å²) < 4.78 is 14.4. The summed E-state index contributed by atoms with van der Waals surface area (Å²) in [5.74, 6) is 0. The number of epoxide rings is 1. The molecule has 0 radical (unpaired) electrons. The van der Waals surface area contributed by atoms with E-state index < -0.39 is 12.4 Å². The summed E-state index contributed by atoms with van der Waals surface area (Å²) in [5, 5.41) is 32.6. The number of hydrogen-bond donors (Lipinski definition) is 4. The van der Waals surface area contributed by atoms with E-state index in [1.54, 1.807) is 6.92 Å². The minimum atomic E-state index is -0.745. The average Bonchev–Trinajstić information content (AvgIpc) is 3.11. The molecule has 0 saturated carbocycles. The Bertz CT molecular complexity index is 148. The first-order valence-electron chi connectivity index (χ1n) is 6.32. The van der Waals surface area contributed by atoms with Gasteiger partial charge in [0.1, 0.15) is 0 Å². The van der Waals surface area contributed by atoms with Crippen molar-refractivity contribution in [2.75, 3.05) is 39.6 Å². The summed E-state index contributed by atoms with van der Waals surface area (Å²) in [6, 6.07) is 0. The van der Waals surface area contributed by atoms with E-state index in [1.165, 1.54) is 6.92 Å². The van der Waals surface area contributed by atoms with Crippen molar-refractivity contribution in [2.45, 2.75) is 39.3 Å². The van der Waals surface area contributed by atoms with E-state index in [-0.39, 0.29) is 13.2 Å². The minimum Gasteiger partial charge on any atom is -0.394 e. The molecule has 1 saturated heterocycles. The normalized spacial score (nSPS) is 19.4. The van der Waals surface area contributed by atoms with Crippen LogP contribution >= 0.6 is 0 Å². The zero-order valence-electron chi connectivity index (χ0n) is 12.0. The zero-order valence-corrected chi connectivity index (χ0v) is 12.0. The lowest BCUT2D eigenvalue weighted by Gasteiger charge is -2.08. The van der Waals surface area contributed by atoms with Crippen LogP contribution in [0.5, 0.6) is 0 Å². The molecular formula is C12H28O7. The maximum absolute atomic E-state index is 8.75. The van der Waals surface area contributed by atoms with Gasteiger partial charge in [-0.25, -0.2) is 0 Å². The second-order valence-corrected chi connectivity index (χ2v) is 3.99. The Kier molecular flexibility index (Phi) is 17.5. The van der Waals surface area contributed by atoms with Crippen molar-refractivity contribution in [3.63, 3.8) is 0 Å². The SMILES string of the molecule is CC(O)COCCOC(C)O.CC1CO1.OCCO. The molecule has 0 aromatic heterocycles. The summed E-state index contributed by atoms with van der Waals surface area (Å²) in [6.07, 6.45) is -0.605. The minimum absolute atomic E-state index is 0.125. The average molecular weight is 284 g/mol. The van der Waals surface area contributed by atoms with E-state index in [0.717, 1.165) is 6.61 Å². The number of ether oxygens (including phenoxy) is 3. The number of aliphatic hydroxyl groups is 4. The maximum atomic E-state index is 8.75. The van der Waals surface area contributed by atoms with Gasteiger partial charge in [0.05, 0.1) is 51.8 Å². The van der Waals surface area contributed by atoms with Crippen molar-refractivity contribution in [1.29, 1.82) is 0 Å². The van der Waals surface area contributed by atoms with E-state index in [4.69, 9.17) is 34.6 Å². The van der Waals surface area contributed by atoms with Crippen LogP contribution in [-0.4, -0.2) is 78.6 Å². The van der Waals surface area contributed by atoms with Crippen molar-refractivity contribution in [3.8, 4) is 0 Å². The highest BCUT2D eigenvalue weighted by atomic mass is 16.6. The first kappa shape index (κ1) is 21.0. The molecule has 0 spiro atoms. The Morgan fingerprint density at radius 1 is 1.16 bits per heavy atom. The molecule has 0 aromatic rings. The molecular weight excluding hydrogens is 256 g/mol. The topological polar surface area (TPSA) is 112 Å². The molecule has 4 N–H and O–H groups in total. The molecule has 0 amide bonds. The fourth-order valence-corrected chi connectivity index (χ4v) is 0.628. The summed E-state index contributed by atoms with van der Waals surface area (Å²) in [7, 11) is 0. The van der Waals surface area contributed by atoms with Gasteiger partial charge in [-0.2, -0.15) is 0 Å². The van der Waals surface area contributed by atoms with Crippen molar-refractivity contribution >= 4 is 0 Å². The van der Waals surface area contributed by atoms with Crippen molar-refractivity contribution in [1.82, 2.24) is 0 Å². The lowest BCUT2D eigenvalue weighted by atomic mass is 10.4. The quantitative estimate of drug-likeness (QED) is 0.273. The molecule has 1 aliphatic rings. The Morgan fingerprint density at radius 3 is 1.89 bits per heavy atom. The zero-order chi connectivity index (χ0) is 15.1. The lowest BCUT2D eigenvalue weighted by Crippen LogP contribution is -2.16. The van der Waals surface area contributed by atoms with Crippen molar-refractivity contribution in [3.05, 3.63) is 0 Å². The van der Waals surface area contributed by atoms with Crippen LogP contribution in [0.1, 0.15) is 20.8 Å². The van der Waals surface area contributed by atoms with Crippen LogP contribution in [0.3, 0.4) is 0 Å². The van der Waals surface area contributed by atoms with Gasteiger partial charge in [-0.15, -0.1) is 0 Å². The van der Waals surface area contributed by atoms with Crippen LogP contribution < -0.4 is 0 Å². The molecule has 7 nitrogen and oxygen atoms in total. The monoisotopic (exact) mass is 284 g/mol. The van der Waals surface area contributed by atoms with Crippen LogP contribution in [0.25, 0.3) is 0 Å². The second-order valence-electron chi connectivity index (χ2n) is 3.99. The summed E-state index contributed by atoms with van der Waals surface area (Å²) >= 11 is 0. The van der Waals surface area contributed by atoms with Crippen LogP contribution in [0, 0.1) is 0 Å². The number of hydrogen-bond acceptors (Lipinski definition) is 7. The van der Waals surface area contributed by atoms with E-state index >= 15 is 0 Å². The van der Waals surface area contributed by atoms with Gasteiger partial charge in [-0.1, -0.05) is 0 Å². The van der Waals surface area contributed by atoms with Gasteiger partial charge >= 0.3 is 0 Å². The molecule has 19 heavy (non-hydrogen) atoms. The first-order chi connectivity index (χ1) is 8.93. The molecule has 0 aliphatic carbocycles. The largest absolute Gasteiger partial charge is 0.394 e. The molecule has 118 valence electrons.